The van der Waals surface area contributed by atoms with Gasteiger partial charge in [0.05, 0.1) is 26.2 Å². The van der Waals surface area contributed by atoms with E-state index in [-0.39, 0.29) is 26.2 Å². The van der Waals surface area contributed by atoms with Crippen LogP contribution in [0.4, 0.5) is 17.1 Å². The Kier molecular flexibility index (Phi) is 7.25. The second-order valence-corrected chi connectivity index (χ2v) is 13.3. The maximum atomic E-state index is 13.4. The number of hydrogen-bond acceptors (Lipinski definition) is 5. The molecule has 0 bridgehead atoms. The van der Waals surface area contributed by atoms with Crippen LogP contribution >= 0.6 is 34.8 Å². The number of amides is 1. The summed E-state index contributed by atoms with van der Waals surface area (Å²) in [6.45, 7) is -0.514. The highest BCUT2D eigenvalue weighted by Crippen LogP contribution is 2.43. The van der Waals surface area contributed by atoms with Crippen molar-refractivity contribution in [2.45, 2.75) is 9.79 Å². The predicted octanol–water partition coefficient (Wildman–Crippen LogP) is 6.26. The van der Waals surface area contributed by atoms with Crippen LogP contribution in [0, 0.1) is 0 Å². The van der Waals surface area contributed by atoms with Gasteiger partial charge in [-0.05, 0) is 66.7 Å². The number of halogens is 3. The van der Waals surface area contributed by atoms with Crippen molar-refractivity contribution < 1.29 is 21.6 Å². The van der Waals surface area contributed by atoms with Gasteiger partial charge in [0.25, 0.3) is 20.0 Å². The van der Waals surface area contributed by atoms with E-state index < -0.39 is 32.5 Å². The maximum Gasteiger partial charge on any atom is 0.265 e. The molecular formula is C26H18Cl3N3O5S2. The molecule has 13 heteroatoms. The monoisotopic (exact) mass is 621 g/mol. The van der Waals surface area contributed by atoms with Gasteiger partial charge in [-0.15, -0.1) is 0 Å². The third-order valence-corrected chi connectivity index (χ3v) is 9.88. The molecule has 0 saturated heterocycles. The van der Waals surface area contributed by atoms with Gasteiger partial charge in [0, 0.05) is 26.9 Å². The van der Waals surface area contributed by atoms with E-state index in [4.69, 9.17) is 34.8 Å². The zero-order valence-electron chi connectivity index (χ0n) is 19.7. The van der Waals surface area contributed by atoms with Crippen LogP contribution in [-0.4, -0.2) is 29.3 Å². The summed E-state index contributed by atoms with van der Waals surface area (Å²) in [7, 11) is -8.04. The van der Waals surface area contributed by atoms with E-state index in [1.165, 1.54) is 48.5 Å². The zero-order chi connectivity index (χ0) is 27.9. The molecule has 0 radical (unpaired) electrons. The topological polar surface area (TPSA) is 113 Å². The SMILES string of the molecule is O=C(CN1c2ccc(Cl)cc2-c2ccccc2S1(=O)=O)Nc1ccc(S(=O)(=O)Nc2cc(Cl)ccc2Cl)cc1. The normalized spacial score (nSPS) is 13.8. The van der Waals surface area contributed by atoms with Crippen LogP contribution in [-0.2, 0) is 24.8 Å². The van der Waals surface area contributed by atoms with Gasteiger partial charge in [-0.3, -0.25) is 13.8 Å². The van der Waals surface area contributed by atoms with E-state index in [2.05, 4.69) is 10.0 Å². The van der Waals surface area contributed by atoms with Crippen molar-refractivity contribution in [3.05, 3.63) is 100.0 Å². The molecule has 0 fully saturated rings. The molecule has 1 heterocycles. The lowest BCUT2D eigenvalue weighted by atomic mass is 10.0. The van der Waals surface area contributed by atoms with Gasteiger partial charge in [-0.25, -0.2) is 16.8 Å². The largest absolute Gasteiger partial charge is 0.325 e. The van der Waals surface area contributed by atoms with Gasteiger partial charge in [0.2, 0.25) is 5.91 Å². The Morgan fingerprint density at radius 2 is 1.49 bits per heavy atom. The quantitative estimate of drug-likeness (QED) is 0.264. The van der Waals surface area contributed by atoms with Gasteiger partial charge < -0.3 is 5.32 Å². The summed E-state index contributed by atoms with van der Waals surface area (Å²) >= 11 is 18.2. The van der Waals surface area contributed by atoms with Crippen LogP contribution in [0.1, 0.15) is 0 Å². The lowest BCUT2D eigenvalue weighted by molar-refractivity contribution is -0.114. The Morgan fingerprint density at radius 1 is 0.821 bits per heavy atom. The van der Waals surface area contributed by atoms with Crippen molar-refractivity contribution in [2.75, 3.05) is 20.9 Å². The molecule has 5 rings (SSSR count). The second kappa shape index (κ2) is 10.4. The summed E-state index contributed by atoms with van der Waals surface area (Å²) in [6.07, 6.45) is 0. The van der Waals surface area contributed by atoms with E-state index in [9.17, 15) is 21.6 Å². The van der Waals surface area contributed by atoms with Crippen molar-refractivity contribution >= 4 is 77.8 Å². The molecule has 0 aromatic heterocycles. The minimum Gasteiger partial charge on any atom is -0.325 e. The molecule has 1 aliphatic rings. The third kappa shape index (κ3) is 5.43. The Balaban J connectivity index is 1.35. The number of rotatable bonds is 6. The molecule has 4 aromatic rings. The predicted molar refractivity (Wildman–Crippen MR) is 154 cm³/mol. The molecule has 200 valence electrons. The molecule has 1 amide bonds. The van der Waals surface area contributed by atoms with Crippen molar-refractivity contribution in [1.82, 2.24) is 0 Å². The summed E-state index contributed by atoms with van der Waals surface area (Å²) < 4.78 is 55.8. The van der Waals surface area contributed by atoms with Crippen LogP contribution in [0.2, 0.25) is 15.1 Å². The van der Waals surface area contributed by atoms with E-state index in [0.29, 0.717) is 26.9 Å². The fourth-order valence-electron chi connectivity index (χ4n) is 4.10. The van der Waals surface area contributed by atoms with Gasteiger partial charge in [0.15, 0.2) is 0 Å². The molecular weight excluding hydrogens is 605 g/mol. The molecule has 0 saturated carbocycles. The lowest BCUT2D eigenvalue weighted by Crippen LogP contribution is -2.40. The first-order chi connectivity index (χ1) is 18.5. The number of sulfonamides is 2. The third-order valence-electron chi connectivity index (χ3n) is 5.88. The number of carbonyl (C=O) groups is 1. The van der Waals surface area contributed by atoms with E-state index in [0.717, 1.165) is 4.31 Å². The van der Waals surface area contributed by atoms with Gasteiger partial charge in [-0.1, -0.05) is 53.0 Å². The Labute approximate surface area is 240 Å². The van der Waals surface area contributed by atoms with Crippen molar-refractivity contribution in [1.29, 1.82) is 0 Å². The van der Waals surface area contributed by atoms with Crippen LogP contribution in [0.25, 0.3) is 11.1 Å². The molecule has 0 aliphatic carbocycles. The highest BCUT2D eigenvalue weighted by atomic mass is 35.5. The molecule has 39 heavy (non-hydrogen) atoms. The summed E-state index contributed by atoms with van der Waals surface area (Å²) in [5, 5.41) is 3.52. The van der Waals surface area contributed by atoms with Crippen molar-refractivity contribution in [2.24, 2.45) is 0 Å². The van der Waals surface area contributed by atoms with Crippen molar-refractivity contribution in [3.63, 3.8) is 0 Å². The first kappa shape index (κ1) is 27.3. The van der Waals surface area contributed by atoms with Crippen LogP contribution in [0.5, 0.6) is 0 Å². The van der Waals surface area contributed by atoms with Crippen LogP contribution in [0.15, 0.2) is 94.7 Å². The lowest BCUT2D eigenvalue weighted by Gasteiger charge is -2.31. The zero-order valence-corrected chi connectivity index (χ0v) is 23.6. The Morgan fingerprint density at radius 3 is 2.23 bits per heavy atom. The van der Waals surface area contributed by atoms with Crippen LogP contribution < -0.4 is 14.3 Å². The maximum absolute atomic E-state index is 13.4. The number of anilines is 3. The average Bonchev–Trinajstić information content (AvgIpc) is 2.89. The smallest absolute Gasteiger partial charge is 0.265 e. The number of nitrogens with one attached hydrogen (secondary N) is 2. The molecule has 0 unspecified atom stereocenters. The van der Waals surface area contributed by atoms with Gasteiger partial charge in [-0.2, -0.15) is 0 Å². The standard InChI is InChI=1S/C26H18Cl3N3O5S2/c27-16-6-12-24-21(13-16)20-3-1-2-4-25(20)39(36,37)32(24)15-26(33)30-18-7-9-19(10-8-18)38(34,35)31-23-14-17(28)5-11-22(23)29/h1-14,31H,15H2,(H,30,33). The van der Waals surface area contributed by atoms with Crippen LogP contribution in [0.3, 0.4) is 0 Å². The summed E-state index contributed by atoms with van der Waals surface area (Å²) in [6, 6.07) is 21.0. The summed E-state index contributed by atoms with van der Waals surface area (Å²) in [4.78, 5) is 12.9. The number of carbonyl (C=O) groups excluding carboxylic acids is 1. The molecule has 0 spiro atoms. The van der Waals surface area contributed by atoms with Gasteiger partial charge >= 0.3 is 0 Å². The molecule has 1 aliphatic heterocycles. The average molecular weight is 623 g/mol. The Hall–Kier alpha value is -3.28. The van der Waals surface area contributed by atoms with Crippen molar-refractivity contribution in [3.8, 4) is 11.1 Å². The summed E-state index contributed by atoms with van der Waals surface area (Å²) in [5.74, 6) is -0.627. The second-order valence-electron chi connectivity index (χ2n) is 8.47. The first-order valence-corrected chi connectivity index (χ1v) is 15.3. The number of benzene rings is 4. The van der Waals surface area contributed by atoms with E-state index in [1.54, 1.807) is 36.4 Å². The summed E-state index contributed by atoms with van der Waals surface area (Å²) in [5.41, 5.74) is 1.79. The number of hydrogen-bond donors (Lipinski definition) is 2. The molecule has 4 aromatic carbocycles. The van der Waals surface area contributed by atoms with Gasteiger partial charge in [0.1, 0.15) is 6.54 Å². The minimum absolute atomic E-state index is 0.0643. The fraction of sp³-hybridized carbons (Fsp3) is 0.0385. The Bertz CT molecular complexity index is 1830. The highest BCUT2D eigenvalue weighted by Gasteiger charge is 2.36. The molecule has 2 N–H and O–H groups in total. The number of nitrogens with zero attached hydrogens (tertiary/aromatic N) is 1. The van der Waals surface area contributed by atoms with E-state index >= 15 is 0 Å². The minimum atomic E-state index is -4.04. The van der Waals surface area contributed by atoms with E-state index in [1.807, 2.05) is 0 Å². The number of fused-ring (bicyclic) bond motifs is 3. The highest BCUT2D eigenvalue weighted by molar-refractivity contribution is 7.93. The molecule has 0 atom stereocenters. The fourth-order valence-corrected chi connectivity index (χ4v) is 7.39. The molecule has 8 nitrogen and oxygen atoms in total. The first-order valence-electron chi connectivity index (χ1n) is 11.3.